The van der Waals surface area contributed by atoms with Gasteiger partial charge in [-0.3, -0.25) is 14.9 Å². The van der Waals surface area contributed by atoms with Gasteiger partial charge in [0, 0.05) is 25.4 Å². The molecule has 0 bridgehead atoms. The number of halogens is 2. The molecule has 1 aliphatic rings. The minimum atomic E-state index is -0.854. The molecule has 9 nitrogen and oxygen atoms in total. The lowest BCUT2D eigenvalue weighted by Gasteiger charge is -2.17. The number of aromatic nitrogens is 1. The highest BCUT2D eigenvalue weighted by Crippen LogP contribution is 2.32. The number of hydrogen-bond donors (Lipinski definition) is 1. The molecule has 1 aliphatic heterocycles. The van der Waals surface area contributed by atoms with Gasteiger partial charge in [-0.05, 0) is 37.5 Å². The van der Waals surface area contributed by atoms with Crippen LogP contribution in [0.1, 0.15) is 28.8 Å². The van der Waals surface area contributed by atoms with E-state index in [9.17, 15) is 19.7 Å². The molecule has 1 aromatic carbocycles. The van der Waals surface area contributed by atoms with E-state index in [1.165, 1.54) is 18.3 Å². The fourth-order valence-corrected chi connectivity index (χ4v) is 3.44. The van der Waals surface area contributed by atoms with Crippen LogP contribution in [-0.2, 0) is 9.53 Å². The molecule has 11 heteroatoms. The van der Waals surface area contributed by atoms with Crippen molar-refractivity contribution in [3.05, 3.63) is 55.7 Å². The summed E-state index contributed by atoms with van der Waals surface area (Å²) in [6.45, 7) is 2.51. The second-order valence-electron chi connectivity index (χ2n) is 6.67. The molecule has 30 heavy (non-hydrogen) atoms. The molecule has 0 aliphatic carbocycles. The molecular weight excluding hydrogens is 435 g/mol. The molecule has 1 N–H and O–H groups in total. The third-order valence-electron chi connectivity index (χ3n) is 4.65. The quantitative estimate of drug-likeness (QED) is 0.399. The number of nitro benzene ring substituents is 1. The third kappa shape index (κ3) is 4.80. The summed E-state index contributed by atoms with van der Waals surface area (Å²) in [6.07, 6.45) is 3.26. The molecule has 0 saturated carbocycles. The molecule has 1 saturated heterocycles. The molecule has 2 aromatic rings. The third-order valence-corrected chi connectivity index (χ3v) is 5.49. The number of benzene rings is 1. The Morgan fingerprint density at radius 2 is 2.00 bits per heavy atom. The Morgan fingerprint density at radius 3 is 2.67 bits per heavy atom. The standard InChI is InChI=1S/C19H18Cl2N4O5/c1-11-13(20)9-22-18(17(11)21)23-16(26)10-30-19(27)12-4-5-14(15(8-12)25(28)29)24-6-2-3-7-24/h4-5,8-9H,2-3,6-7,10H2,1H3,(H,22,23,26). The van der Waals surface area contributed by atoms with Crippen LogP contribution >= 0.6 is 23.2 Å². The highest BCUT2D eigenvalue weighted by Gasteiger charge is 2.24. The van der Waals surface area contributed by atoms with E-state index in [2.05, 4.69) is 10.3 Å². The number of amides is 1. The molecule has 2 heterocycles. The number of nitrogens with zero attached hydrogens (tertiary/aromatic N) is 3. The first-order valence-electron chi connectivity index (χ1n) is 9.09. The lowest BCUT2D eigenvalue weighted by Crippen LogP contribution is -2.22. The fourth-order valence-electron chi connectivity index (χ4n) is 3.05. The van der Waals surface area contributed by atoms with Crippen LogP contribution in [0.15, 0.2) is 24.4 Å². The number of carbonyl (C=O) groups excluding carboxylic acids is 2. The minimum absolute atomic E-state index is 0.0176. The van der Waals surface area contributed by atoms with Crippen molar-refractivity contribution in [2.24, 2.45) is 0 Å². The average molecular weight is 453 g/mol. The van der Waals surface area contributed by atoms with Gasteiger partial charge in [0.25, 0.3) is 11.6 Å². The van der Waals surface area contributed by atoms with E-state index in [1.807, 2.05) is 4.90 Å². The number of ether oxygens (including phenoxy) is 1. The van der Waals surface area contributed by atoms with Crippen LogP contribution < -0.4 is 10.2 Å². The second-order valence-corrected chi connectivity index (χ2v) is 7.46. The summed E-state index contributed by atoms with van der Waals surface area (Å²) in [7, 11) is 0. The van der Waals surface area contributed by atoms with Gasteiger partial charge in [-0.1, -0.05) is 23.2 Å². The molecule has 3 rings (SSSR count). The molecule has 0 unspecified atom stereocenters. The maximum Gasteiger partial charge on any atom is 0.338 e. The first-order chi connectivity index (χ1) is 14.3. The molecule has 0 radical (unpaired) electrons. The largest absolute Gasteiger partial charge is 0.452 e. The summed E-state index contributed by atoms with van der Waals surface area (Å²) in [6, 6.07) is 4.14. The van der Waals surface area contributed by atoms with Crippen molar-refractivity contribution in [3.8, 4) is 0 Å². The number of anilines is 2. The lowest BCUT2D eigenvalue weighted by molar-refractivity contribution is -0.384. The van der Waals surface area contributed by atoms with Gasteiger partial charge in [-0.2, -0.15) is 0 Å². The molecular formula is C19H18Cl2N4O5. The Morgan fingerprint density at radius 1 is 1.30 bits per heavy atom. The predicted molar refractivity (Wildman–Crippen MR) is 112 cm³/mol. The molecule has 1 amide bonds. The number of rotatable bonds is 6. The van der Waals surface area contributed by atoms with Crippen LogP contribution in [-0.4, -0.2) is 41.5 Å². The number of carbonyl (C=O) groups is 2. The molecule has 0 atom stereocenters. The van der Waals surface area contributed by atoms with E-state index in [-0.39, 0.29) is 22.1 Å². The van der Waals surface area contributed by atoms with E-state index < -0.39 is 23.4 Å². The van der Waals surface area contributed by atoms with Gasteiger partial charge in [0.05, 0.1) is 20.5 Å². The molecule has 1 fully saturated rings. The van der Waals surface area contributed by atoms with Crippen molar-refractivity contribution in [1.82, 2.24) is 4.98 Å². The second kappa shape index (κ2) is 9.27. The predicted octanol–water partition coefficient (Wildman–Crippen LogP) is 4.00. The van der Waals surface area contributed by atoms with Gasteiger partial charge in [-0.15, -0.1) is 0 Å². The highest BCUT2D eigenvalue weighted by atomic mass is 35.5. The van der Waals surface area contributed by atoms with Crippen LogP contribution in [0.4, 0.5) is 17.2 Å². The zero-order valence-corrected chi connectivity index (χ0v) is 17.5. The maximum atomic E-state index is 12.3. The topological polar surface area (TPSA) is 115 Å². The van der Waals surface area contributed by atoms with E-state index in [1.54, 1.807) is 6.92 Å². The van der Waals surface area contributed by atoms with Gasteiger partial charge in [0.2, 0.25) is 0 Å². The number of esters is 1. The van der Waals surface area contributed by atoms with Crippen molar-refractivity contribution in [3.63, 3.8) is 0 Å². The fraction of sp³-hybridized carbons (Fsp3) is 0.316. The molecule has 0 spiro atoms. The Balaban J connectivity index is 1.66. The van der Waals surface area contributed by atoms with Crippen LogP contribution in [0.2, 0.25) is 10.0 Å². The summed E-state index contributed by atoms with van der Waals surface area (Å²) in [5.41, 5.74) is 0.816. The Bertz CT molecular complexity index is 1010. The van der Waals surface area contributed by atoms with Crippen molar-refractivity contribution in [2.45, 2.75) is 19.8 Å². The summed E-state index contributed by atoms with van der Waals surface area (Å²) in [4.78, 5) is 41.1. The van der Waals surface area contributed by atoms with E-state index >= 15 is 0 Å². The van der Waals surface area contributed by atoms with Crippen LogP contribution in [0, 0.1) is 17.0 Å². The summed E-state index contributed by atoms with van der Waals surface area (Å²) < 4.78 is 4.97. The zero-order valence-electron chi connectivity index (χ0n) is 16.0. The highest BCUT2D eigenvalue weighted by molar-refractivity contribution is 6.37. The number of nitrogens with one attached hydrogen (secondary N) is 1. The van der Waals surface area contributed by atoms with Gasteiger partial charge < -0.3 is 15.0 Å². The van der Waals surface area contributed by atoms with Gasteiger partial charge >= 0.3 is 5.97 Å². The number of nitro groups is 1. The van der Waals surface area contributed by atoms with Crippen LogP contribution in [0.3, 0.4) is 0 Å². The number of hydrogen-bond acceptors (Lipinski definition) is 7. The molecule has 158 valence electrons. The summed E-state index contributed by atoms with van der Waals surface area (Å²) in [5, 5.41) is 14.4. The summed E-state index contributed by atoms with van der Waals surface area (Å²) in [5.74, 6) is -1.43. The first-order valence-corrected chi connectivity index (χ1v) is 9.84. The van der Waals surface area contributed by atoms with E-state index in [0.717, 1.165) is 32.0 Å². The number of pyridine rings is 1. The summed E-state index contributed by atoms with van der Waals surface area (Å²) >= 11 is 12.0. The van der Waals surface area contributed by atoms with Crippen molar-refractivity contribution < 1.29 is 19.2 Å². The van der Waals surface area contributed by atoms with Gasteiger partial charge in [0.1, 0.15) is 5.69 Å². The smallest absolute Gasteiger partial charge is 0.338 e. The van der Waals surface area contributed by atoms with Crippen molar-refractivity contribution >= 4 is 52.3 Å². The Hall–Kier alpha value is -2.91. The van der Waals surface area contributed by atoms with Crippen LogP contribution in [0.5, 0.6) is 0 Å². The normalized spacial score (nSPS) is 13.2. The van der Waals surface area contributed by atoms with Crippen molar-refractivity contribution in [1.29, 1.82) is 0 Å². The Labute approximate surface area is 182 Å². The first kappa shape index (κ1) is 21.8. The van der Waals surface area contributed by atoms with Gasteiger partial charge in [-0.25, -0.2) is 9.78 Å². The molecule has 1 aromatic heterocycles. The lowest BCUT2D eigenvalue weighted by atomic mass is 10.1. The SMILES string of the molecule is Cc1c(Cl)cnc(NC(=O)COC(=O)c2ccc(N3CCCC3)c([N+](=O)[O-])c2)c1Cl. The Kier molecular flexibility index (Phi) is 6.73. The average Bonchev–Trinajstić information content (AvgIpc) is 3.26. The van der Waals surface area contributed by atoms with Crippen LogP contribution in [0.25, 0.3) is 0 Å². The maximum absolute atomic E-state index is 12.3. The minimum Gasteiger partial charge on any atom is -0.452 e. The van der Waals surface area contributed by atoms with Crippen molar-refractivity contribution in [2.75, 3.05) is 29.9 Å². The zero-order chi connectivity index (χ0) is 21.8. The monoisotopic (exact) mass is 452 g/mol. The van der Waals surface area contributed by atoms with E-state index in [0.29, 0.717) is 16.3 Å². The van der Waals surface area contributed by atoms with E-state index in [4.69, 9.17) is 27.9 Å². The van der Waals surface area contributed by atoms with Gasteiger partial charge in [0.15, 0.2) is 12.4 Å².